The van der Waals surface area contributed by atoms with Gasteiger partial charge < -0.3 is 5.32 Å². The van der Waals surface area contributed by atoms with Crippen molar-refractivity contribution in [3.05, 3.63) is 114 Å². The smallest absolute Gasteiger partial charge is 0.277 e. The summed E-state index contributed by atoms with van der Waals surface area (Å²) >= 11 is 4.71. The monoisotopic (exact) mass is 585 g/mol. The Bertz CT molecular complexity index is 1290. The SMILES string of the molecule is O=C(NC(CSCc1ccccc1)C(=O)N/N=C/c1ccc(Br)cc1)c1cc([N+](=O)[O-])cc([N+](=O)[O-])c1. The van der Waals surface area contributed by atoms with E-state index in [1.807, 2.05) is 42.5 Å². The summed E-state index contributed by atoms with van der Waals surface area (Å²) in [5.41, 5.74) is 2.59. The summed E-state index contributed by atoms with van der Waals surface area (Å²) in [4.78, 5) is 46.4. The number of carbonyl (C=O) groups is 2. The second kappa shape index (κ2) is 13.3. The minimum atomic E-state index is -1.08. The summed E-state index contributed by atoms with van der Waals surface area (Å²) in [6, 6.07) is 18.2. The molecule has 2 N–H and O–H groups in total. The number of amides is 2. The highest BCUT2D eigenvalue weighted by Gasteiger charge is 2.25. The minimum absolute atomic E-state index is 0.150. The first kappa shape index (κ1) is 27.5. The van der Waals surface area contributed by atoms with Crippen molar-refractivity contribution in [2.24, 2.45) is 5.10 Å². The third-order valence-corrected chi connectivity index (χ3v) is 6.50. The Morgan fingerprint density at radius 2 is 1.59 bits per heavy atom. The van der Waals surface area contributed by atoms with Gasteiger partial charge in [-0.05, 0) is 23.3 Å². The van der Waals surface area contributed by atoms with Crippen molar-refractivity contribution < 1.29 is 19.4 Å². The van der Waals surface area contributed by atoms with Crippen LogP contribution in [0.5, 0.6) is 0 Å². The van der Waals surface area contributed by atoms with Crippen molar-refractivity contribution in [3.63, 3.8) is 0 Å². The molecular weight excluding hydrogens is 566 g/mol. The normalized spacial score (nSPS) is 11.6. The van der Waals surface area contributed by atoms with Crippen molar-refractivity contribution in [1.82, 2.24) is 10.7 Å². The lowest BCUT2D eigenvalue weighted by Crippen LogP contribution is -2.47. The summed E-state index contributed by atoms with van der Waals surface area (Å²) < 4.78 is 0.883. The quantitative estimate of drug-likeness (QED) is 0.191. The molecule has 1 atom stereocenters. The van der Waals surface area contributed by atoms with E-state index in [0.717, 1.165) is 33.8 Å². The lowest BCUT2D eigenvalue weighted by atomic mass is 10.1. The zero-order valence-corrected chi connectivity index (χ0v) is 21.5. The van der Waals surface area contributed by atoms with Gasteiger partial charge in [-0.3, -0.25) is 29.8 Å². The number of non-ortho nitro benzene ring substituents is 2. The second-order valence-electron chi connectivity index (χ2n) is 7.56. The Kier molecular flexibility index (Phi) is 9.86. The van der Waals surface area contributed by atoms with E-state index in [4.69, 9.17) is 0 Å². The lowest BCUT2D eigenvalue weighted by Gasteiger charge is -2.17. The summed E-state index contributed by atoms with van der Waals surface area (Å²) in [5, 5.41) is 28.8. The first-order chi connectivity index (χ1) is 17.7. The molecule has 0 spiro atoms. The molecule has 3 aromatic rings. The van der Waals surface area contributed by atoms with Crippen LogP contribution in [0.15, 0.2) is 82.4 Å². The molecule has 0 saturated carbocycles. The zero-order chi connectivity index (χ0) is 26.8. The van der Waals surface area contributed by atoms with Crippen LogP contribution in [0.3, 0.4) is 0 Å². The largest absolute Gasteiger partial charge is 0.339 e. The number of benzene rings is 3. The summed E-state index contributed by atoms with van der Waals surface area (Å²) in [5.74, 6) is -0.784. The summed E-state index contributed by atoms with van der Waals surface area (Å²) in [6.07, 6.45) is 1.43. The number of hydrogen-bond donors (Lipinski definition) is 2. The van der Waals surface area contributed by atoms with Crippen LogP contribution in [0.1, 0.15) is 21.5 Å². The Morgan fingerprint density at radius 3 is 2.19 bits per heavy atom. The predicted molar refractivity (Wildman–Crippen MR) is 143 cm³/mol. The molecule has 0 bridgehead atoms. The average molecular weight is 586 g/mol. The van der Waals surface area contributed by atoms with Crippen LogP contribution in [-0.2, 0) is 10.5 Å². The van der Waals surface area contributed by atoms with Gasteiger partial charge in [-0.15, -0.1) is 0 Å². The molecule has 0 saturated heterocycles. The Morgan fingerprint density at radius 1 is 0.973 bits per heavy atom. The van der Waals surface area contributed by atoms with Crippen molar-refractivity contribution in [1.29, 1.82) is 0 Å². The Labute approximate surface area is 223 Å². The highest BCUT2D eigenvalue weighted by molar-refractivity contribution is 9.10. The molecule has 3 rings (SSSR count). The highest BCUT2D eigenvalue weighted by Crippen LogP contribution is 2.23. The molecule has 190 valence electrons. The first-order valence-corrected chi connectivity index (χ1v) is 12.6. The average Bonchev–Trinajstić information content (AvgIpc) is 2.89. The number of nitro benzene ring substituents is 2. The maximum atomic E-state index is 12.9. The fourth-order valence-corrected chi connectivity index (χ4v) is 4.31. The van der Waals surface area contributed by atoms with Gasteiger partial charge in [-0.1, -0.05) is 58.4 Å². The lowest BCUT2D eigenvalue weighted by molar-refractivity contribution is -0.394. The number of rotatable bonds is 11. The molecular formula is C24H20BrN5O6S. The van der Waals surface area contributed by atoms with Gasteiger partial charge >= 0.3 is 0 Å². The van der Waals surface area contributed by atoms with Crippen molar-refractivity contribution in [2.45, 2.75) is 11.8 Å². The molecule has 37 heavy (non-hydrogen) atoms. The number of hydrogen-bond acceptors (Lipinski definition) is 8. The number of thioether (sulfide) groups is 1. The van der Waals surface area contributed by atoms with E-state index in [-0.39, 0.29) is 11.3 Å². The van der Waals surface area contributed by atoms with Gasteiger partial charge in [0.2, 0.25) is 0 Å². The van der Waals surface area contributed by atoms with Crippen LogP contribution in [0.2, 0.25) is 0 Å². The summed E-state index contributed by atoms with van der Waals surface area (Å²) in [7, 11) is 0. The first-order valence-electron chi connectivity index (χ1n) is 10.7. The molecule has 2 amide bonds. The van der Waals surface area contributed by atoms with Crippen LogP contribution < -0.4 is 10.7 Å². The standard InChI is InChI=1S/C24H20BrN5O6S/c25-19-8-6-16(7-9-19)13-26-28-24(32)22(15-37-14-17-4-2-1-3-5-17)27-23(31)18-10-20(29(33)34)12-21(11-18)30(35)36/h1-13,22H,14-15H2,(H,27,31)(H,28,32)/b26-13+. The molecule has 0 heterocycles. The van der Waals surface area contributed by atoms with E-state index in [2.05, 4.69) is 31.8 Å². The molecule has 13 heteroatoms. The molecule has 0 radical (unpaired) electrons. The number of carbonyl (C=O) groups excluding carboxylic acids is 2. The molecule has 11 nitrogen and oxygen atoms in total. The van der Waals surface area contributed by atoms with Gasteiger partial charge in [-0.25, -0.2) is 5.43 Å². The van der Waals surface area contributed by atoms with Crippen LogP contribution in [0, 0.1) is 20.2 Å². The van der Waals surface area contributed by atoms with Crippen molar-refractivity contribution in [3.8, 4) is 0 Å². The number of nitrogens with one attached hydrogen (secondary N) is 2. The van der Waals surface area contributed by atoms with Gasteiger partial charge in [0.1, 0.15) is 6.04 Å². The van der Waals surface area contributed by atoms with E-state index in [0.29, 0.717) is 5.75 Å². The van der Waals surface area contributed by atoms with Gasteiger partial charge in [0.05, 0.1) is 27.7 Å². The van der Waals surface area contributed by atoms with E-state index in [1.165, 1.54) is 18.0 Å². The molecule has 0 aromatic heterocycles. The second-order valence-corrected chi connectivity index (χ2v) is 9.51. The van der Waals surface area contributed by atoms with E-state index < -0.39 is 39.1 Å². The topological polar surface area (TPSA) is 157 Å². The van der Waals surface area contributed by atoms with E-state index >= 15 is 0 Å². The molecule has 0 aliphatic heterocycles. The maximum absolute atomic E-state index is 12.9. The van der Waals surface area contributed by atoms with E-state index in [9.17, 15) is 29.8 Å². The number of nitrogens with zero attached hydrogens (tertiary/aromatic N) is 3. The molecule has 0 aliphatic carbocycles. The van der Waals surface area contributed by atoms with Crippen LogP contribution in [-0.4, -0.2) is 39.7 Å². The molecule has 0 aliphatic rings. The Balaban J connectivity index is 1.75. The number of nitro groups is 2. The van der Waals surface area contributed by atoms with Crippen LogP contribution >= 0.6 is 27.7 Å². The number of hydrazone groups is 1. The summed E-state index contributed by atoms with van der Waals surface area (Å²) in [6.45, 7) is 0. The minimum Gasteiger partial charge on any atom is -0.339 e. The third kappa shape index (κ3) is 8.51. The molecule has 0 fully saturated rings. The van der Waals surface area contributed by atoms with Gasteiger partial charge in [0.15, 0.2) is 0 Å². The predicted octanol–water partition coefficient (Wildman–Crippen LogP) is 4.45. The zero-order valence-electron chi connectivity index (χ0n) is 19.1. The van der Waals surface area contributed by atoms with Crippen LogP contribution in [0.4, 0.5) is 11.4 Å². The third-order valence-electron chi connectivity index (χ3n) is 4.86. The molecule has 1 unspecified atom stereocenters. The van der Waals surface area contributed by atoms with Crippen molar-refractivity contribution in [2.75, 3.05) is 5.75 Å². The Hall–Kier alpha value is -4.10. The van der Waals surface area contributed by atoms with Gasteiger partial charge in [0.25, 0.3) is 23.2 Å². The van der Waals surface area contributed by atoms with Crippen molar-refractivity contribution >= 4 is 57.1 Å². The fraction of sp³-hybridized carbons (Fsp3) is 0.125. The van der Waals surface area contributed by atoms with E-state index in [1.54, 1.807) is 12.1 Å². The highest BCUT2D eigenvalue weighted by atomic mass is 79.9. The van der Waals surface area contributed by atoms with Gasteiger partial charge in [0, 0.05) is 28.1 Å². The van der Waals surface area contributed by atoms with Gasteiger partial charge in [-0.2, -0.15) is 16.9 Å². The maximum Gasteiger partial charge on any atom is 0.277 e. The molecule has 3 aromatic carbocycles. The van der Waals surface area contributed by atoms with Crippen LogP contribution in [0.25, 0.3) is 0 Å². The number of halogens is 1. The fourth-order valence-electron chi connectivity index (χ4n) is 3.03.